The number of anilines is 1. The fourth-order valence-electron chi connectivity index (χ4n) is 2.85. The van der Waals surface area contributed by atoms with Gasteiger partial charge in [-0.05, 0) is 42.7 Å². The third-order valence-electron chi connectivity index (χ3n) is 4.48. The first kappa shape index (κ1) is 24.2. The van der Waals surface area contributed by atoms with Crippen molar-refractivity contribution in [2.75, 3.05) is 19.0 Å². The van der Waals surface area contributed by atoms with Crippen molar-refractivity contribution >= 4 is 34.3 Å². The molecule has 1 aromatic heterocycles. The van der Waals surface area contributed by atoms with Crippen LogP contribution < -0.4 is 10.1 Å². The molecule has 1 amide bonds. The summed E-state index contributed by atoms with van der Waals surface area (Å²) < 4.78 is 10.5. The van der Waals surface area contributed by atoms with Gasteiger partial charge in [-0.2, -0.15) is 5.26 Å². The van der Waals surface area contributed by atoms with Crippen LogP contribution in [-0.4, -0.2) is 25.6 Å². The quantitative estimate of drug-likeness (QED) is 0.213. The van der Waals surface area contributed by atoms with Crippen molar-refractivity contribution in [3.63, 3.8) is 0 Å². The van der Waals surface area contributed by atoms with Gasteiger partial charge in [0.05, 0.1) is 19.3 Å². The van der Waals surface area contributed by atoms with E-state index in [2.05, 4.69) is 12.2 Å². The number of thiophene rings is 1. The van der Waals surface area contributed by atoms with Crippen molar-refractivity contribution in [1.82, 2.24) is 0 Å². The van der Waals surface area contributed by atoms with Gasteiger partial charge in [-0.3, -0.25) is 4.79 Å². The Balaban J connectivity index is 2.12. The Bertz CT molecular complexity index is 955. The van der Waals surface area contributed by atoms with Crippen molar-refractivity contribution in [2.45, 2.75) is 46.0 Å². The summed E-state index contributed by atoms with van der Waals surface area (Å²) in [7, 11) is 1.29. The summed E-state index contributed by atoms with van der Waals surface area (Å²) >= 11 is 1.32. The van der Waals surface area contributed by atoms with Gasteiger partial charge < -0.3 is 14.8 Å². The summed E-state index contributed by atoms with van der Waals surface area (Å²) in [5, 5.41) is 12.6. The van der Waals surface area contributed by atoms with Gasteiger partial charge in [-0.1, -0.05) is 45.2 Å². The molecule has 0 aliphatic rings. The van der Waals surface area contributed by atoms with Crippen LogP contribution in [0.5, 0.6) is 5.75 Å². The maximum absolute atomic E-state index is 12.7. The fourth-order valence-corrected chi connectivity index (χ4v) is 4.00. The van der Waals surface area contributed by atoms with Gasteiger partial charge >= 0.3 is 5.97 Å². The molecule has 0 saturated carbocycles. The van der Waals surface area contributed by atoms with E-state index < -0.39 is 11.9 Å². The van der Waals surface area contributed by atoms with Crippen LogP contribution in [0.2, 0.25) is 0 Å². The first-order valence-corrected chi connectivity index (χ1v) is 11.2. The number of nitriles is 1. The summed E-state index contributed by atoms with van der Waals surface area (Å²) in [5.41, 5.74) is 0.947. The number of hydrogen-bond donors (Lipinski definition) is 1. The second-order valence-electron chi connectivity index (χ2n) is 6.95. The van der Waals surface area contributed by atoms with Crippen LogP contribution in [0, 0.1) is 11.3 Å². The Morgan fingerprint density at radius 3 is 2.52 bits per heavy atom. The molecule has 31 heavy (non-hydrogen) atoms. The van der Waals surface area contributed by atoms with E-state index in [9.17, 15) is 14.9 Å². The summed E-state index contributed by atoms with van der Waals surface area (Å²) in [6, 6.07) is 10.9. The van der Waals surface area contributed by atoms with Crippen LogP contribution in [0.4, 0.5) is 5.00 Å². The lowest BCUT2D eigenvalue weighted by Gasteiger charge is -2.06. The number of amides is 1. The van der Waals surface area contributed by atoms with Gasteiger partial charge in [-0.15, -0.1) is 11.3 Å². The molecule has 0 spiro atoms. The van der Waals surface area contributed by atoms with E-state index in [1.807, 2.05) is 25.1 Å². The highest BCUT2D eigenvalue weighted by Crippen LogP contribution is 2.30. The van der Waals surface area contributed by atoms with E-state index in [0.717, 1.165) is 42.7 Å². The van der Waals surface area contributed by atoms with Crippen molar-refractivity contribution in [1.29, 1.82) is 5.26 Å². The lowest BCUT2D eigenvalue weighted by molar-refractivity contribution is -0.112. The maximum Gasteiger partial charge on any atom is 0.340 e. The number of unbranched alkanes of at least 4 members (excludes halogenated alkanes) is 2. The summed E-state index contributed by atoms with van der Waals surface area (Å²) in [4.78, 5) is 25.7. The standard InChI is InChI=1S/C24H28N2O4S/c1-4-6-7-13-30-19-11-9-17(10-12-19)14-18(16-25)22(27)26-23-21(24(28)29-3)15-20(31-23)8-5-2/h9-12,14-15H,4-8,13H2,1-3H3,(H,26,27)/b18-14+. The number of esters is 1. The van der Waals surface area contributed by atoms with Gasteiger partial charge in [0.15, 0.2) is 0 Å². The predicted octanol–water partition coefficient (Wildman–Crippen LogP) is 5.60. The molecular weight excluding hydrogens is 412 g/mol. The van der Waals surface area contributed by atoms with E-state index in [1.54, 1.807) is 18.2 Å². The Hall–Kier alpha value is -3.11. The van der Waals surface area contributed by atoms with Crippen molar-refractivity contribution < 1.29 is 19.1 Å². The van der Waals surface area contributed by atoms with Crippen molar-refractivity contribution in [2.24, 2.45) is 0 Å². The number of benzene rings is 1. The molecule has 0 aliphatic heterocycles. The number of hydrogen-bond acceptors (Lipinski definition) is 6. The number of aryl methyl sites for hydroxylation is 1. The van der Waals surface area contributed by atoms with Gasteiger partial charge in [0.1, 0.15) is 22.4 Å². The van der Waals surface area contributed by atoms with Gasteiger partial charge in [-0.25, -0.2) is 4.79 Å². The lowest BCUT2D eigenvalue weighted by atomic mass is 10.1. The smallest absolute Gasteiger partial charge is 0.340 e. The zero-order valence-electron chi connectivity index (χ0n) is 18.2. The molecule has 1 aromatic carbocycles. The molecule has 1 heterocycles. The highest BCUT2D eigenvalue weighted by atomic mass is 32.1. The maximum atomic E-state index is 12.7. The molecule has 2 rings (SSSR count). The Labute approximate surface area is 187 Å². The van der Waals surface area contributed by atoms with E-state index in [1.165, 1.54) is 24.5 Å². The average Bonchev–Trinajstić information content (AvgIpc) is 3.17. The zero-order valence-corrected chi connectivity index (χ0v) is 19.0. The highest BCUT2D eigenvalue weighted by Gasteiger charge is 2.20. The fraction of sp³-hybridized carbons (Fsp3) is 0.375. The minimum absolute atomic E-state index is 0.0575. The van der Waals surface area contributed by atoms with E-state index >= 15 is 0 Å². The Morgan fingerprint density at radius 1 is 1.16 bits per heavy atom. The molecule has 7 heteroatoms. The SMILES string of the molecule is CCCCCOc1ccc(/C=C(\C#N)C(=O)Nc2sc(CCC)cc2C(=O)OC)cc1. The number of carbonyl (C=O) groups is 2. The third kappa shape index (κ3) is 7.26. The first-order chi connectivity index (χ1) is 15.0. The normalized spacial score (nSPS) is 11.0. The predicted molar refractivity (Wildman–Crippen MR) is 123 cm³/mol. The molecule has 6 nitrogen and oxygen atoms in total. The molecule has 0 atom stereocenters. The molecule has 0 fully saturated rings. The van der Waals surface area contributed by atoms with Gasteiger partial charge in [0, 0.05) is 4.88 Å². The summed E-state index contributed by atoms with van der Waals surface area (Å²) in [5.74, 6) is -0.343. The molecule has 0 unspecified atom stereocenters. The monoisotopic (exact) mass is 440 g/mol. The second kappa shape index (κ2) is 12.6. The van der Waals surface area contributed by atoms with Crippen molar-refractivity contribution in [3.05, 3.63) is 51.9 Å². The van der Waals surface area contributed by atoms with E-state index in [0.29, 0.717) is 22.7 Å². The number of carbonyl (C=O) groups excluding carboxylic acids is 2. The lowest BCUT2D eigenvalue weighted by Crippen LogP contribution is -2.15. The third-order valence-corrected chi connectivity index (χ3v) is 5.59. The second-order valence-corrected chi connectivity index (χ2v) is 8.08. The molecular formula is C24H28N2O4S. The van der Waals surface area contributed by atoms with Crippen LogP contribution in [0.15, 0.2) is 35.9 Å². The number of nitrogens with zero attached hydrogens (tertiary/aromatic N) is 1. The minimum Gasteiger partial charge on any atom is -0.494 e. The molecule has 1 N–H and O–H groups in total. The molecule has 0 radical (unpaired) electrons. The highest BCUT2D eigenvalue weighted by molar-refractivity contribution is 7.16. The molecule has 0 aliphatic carbocycles. The number of rotatable bonds is 11. The van der Waals surface area contributed by atoms with E-state index in [4.69, 9.17) is 9.47 Å². The van der Waals surface area contributed by atoms with Gasteiger partial charge in [0.25, 0.3) is 5.91 Å². The number of nitrogens with one attached hydrogen (secondary N) is 1. The molecule has 2 aromatic rings. The molecule has 0 saturated heterocycles. The van der Waals surface area contributed by atoms with Gasteiger partial charge in [0.2, 0.25) is 0 Å². The number of methoxy groups -OCH3 is 1. The van der Waals surface area contributed by atoms with E-state index in [-0.39, 0.29) is 5.57 Å². The topological polar surface area (TPSA) is 88.4 Å². The van der Waals surface area contributed by atoms with Crippen molar-refractivity contribution in [3.8, 4) is 11.8 Å². The van der Waals surface area contributed by atoms with Crippen LogP contribution >= 0.6 is 11.3 Å². The summed E-state index contributed by atoms with van der Waals surface area (Å²) in [6.07, 6.45) is 6.48. The number of ether oxygens (including phenoxy) is 2. The zero-order chi connectivity index (χ0) is 22.6. The van der Waals surface area contributed by atoms with Crippen LogP contribution in [0.1, 0.15) is 60.3 Å². The molecule has 164 valence electrons. The van der Waals surface area contributed by atoms with Crippen LogP contribution in [0.3, 0.4) is 0 Å². The largest absolute Gasteiger partial charge is 0.494 e. The summed E-state index contributed by atoms with van der Waals surface area (Å²) in [6.45, 7) is 4.84. The average molecular weight is 441 g/mol. The Morgan fingerprint density at radius 2 is 1.90 bits per heavy atom. The first-order valence-electron chi connectivity index (χ1n) is 10.4. The minimum atomic E-state index is -0.572. The van der Waals surface area contributed by atoms with Crippen LogP contribution in [0.25, 0.3) is 6.08 Å². The Kier molecular flexibility index (Phi) is 9.79. The van der Waals surface area contributed by atoms with Crippen LogP contribution in [-0.2, 0) is 16.0 Å². The molecule has 0 bridgehead atoms.